The van der Waals surface area contributed by atoms with Crippen molar-refractivity contribution in [2.24, 2.45) is 0 Å². The van der Waals surface area contributed by atoms with Gasteiger partial charge in [0.15, 0.2) is 0 Å². The third-order valence-corrected chi connectivity index (χ3v) is 2.78. The highest BCUT2D eigenvalue weighted by molar-refractivity contribution is 7.22. The number of thiophene rings is 1. The monoisotopic (exact) mass is 197 g/mol. The fourth-order valence-electron chi connectivity index (χ4n) is 1.21. The maximum absolute atomic E-state index is 8.61. The first-order valence-electron chi connectivity index (χ1n) is 4.02. The molecule has 0 aromatic carbocycles. The predicted octanol–water partition coefficient (Wildman–Crippen LogP) is 1.22. The van der Waals surface area contributed by atoms with Crippen molar-refractivity contribution in [3.8, 4) is 0 Å². The molecule has 0 aliphatic carbocycles. The molecule has 0 spiro atoms. The largest absolute Gasteiger partial charge is 0.395 e. The summed E-state index contributed by atoms with van der Waals surface area (Å²) in [5.74, 6) is 0.690. The smallest absolute Gasteiger partial charge is 0.102 e. The number of aromatic nitrogens is 1. The third kappa shape index (κ3) is 1.61. The Labute approximate surface area is 79.4 Å². The highest BCUT2D eigenvalue weighted by Gasteiger charge is 2.03. The molecule has 0 aliphatic heterocycles. The summed E-state index contributed by atoms with van der Waals surface area (Å²) in [5.41, 5.74) is 6.62. The highest BCUT2D eigenvalue weighted by atomic mass is 32.1. The van der Waals surface area contributed by atoms with Gasteiger partial charge in [0, 0.05) is 6.54 Å². The van der Waals surface area contributed by atoms with Crippen molar-refractivity contribution < 1.29 is 5.11 Å². The maximum Gasteiger partial charge on any atom is 0.102 e. The Morgan fingerprint density at radius 3 is 3.08 bits per heavy atom. The van der Waals surface area contributed by atoms with Crippen LogP contribution in [0.25, 0.3) is 10.2 Å². The van der Waals surface area contributed by atoms with Gasteiger partial charge < -0.3 is 21.1 Å². The van der Waals surface area contributed by atoms with Crippen molar-refractivity contribution in [2.45, 2.75) is 0 Å². The zero-order chi connectivity index (χ0) is 9.26. The number of hydrogen-bond acceptors (Lipinski definition) is 4. The van der Waals surface area contributed by atoms with Gasteiger partial charge in [-0.2, -0.15) is 0 Å². The lowest BCUT2D eigenvalue weighted by Gasteiger charge is -1.97. The zero-order valence-corrected chi connectivity index (χ0v) is 7.82. The Morgan fingerprint density at radius 2 is 2.38 bits per heavy atom. The van der Waals surface area contributed by atoms with Gasteiger partial charge in [-0.15, -0.1) is 11.3 Å². The minimum atomic E-state index is 0.147. The number of H-pyrrole nitrogens is 1. The van der Waals surface area contributed by atoms with Crippen LogP contribution in [0.15, 0.2) is 12.1 Å². The van der Waals surface area contributed by atoms with Crippen LogP contribution in [0.3, 0.4) is 0 Å². The van der Waals surface area contributed by atoms with E-state index in [0.717, 1.165) is 15.2 Å². The number of nitrogens with one attached hydrogen (secondary N) is 2. The Morgan fingerprint density at radius 1 is 1.54 bits per heavy atom. The summed E-state index contributed by atoms with van der Waals surface area (Å²) in [7, 11) is 0. The molecule has 70 valence electrons. The zero-order valence-electron chi connectivity index (χ0n) is 7.00. The molecule has 4 nitrogen and oxygen atoms in total. The lowest BCUT2D eigenvalue weighted by atomic mass is 10.5. The highest BCUT2D eigenvalue weighted by Crippen LogP contribution is 2.30. The Hall–Kier alpha value is -1.20. The summed E-state index contributed by atoms with van der Waals surface area (Å²) < 4.78 is 1.14. The van der Waals surface area contributed by atoms with Gasteiger partial charge in [-0.3, -0.25) is 0 Å². The first-order chi connectivity index (χ1) is 6.29. The van der Waals surface area contributed by atoms with E-state index in [2.05, 4.69) is 10.3 Å². The van der Waals surface area contributed by atoms with Crippen molar-refractivity contribution in [1.29, 1.82) is 0 Å². The molecule has 0 saturated heterocycles. The van der Waals surface area contributed by atoms with Gasteiger partial charge in [0.2, 0.25) is 0 Å². The molecule has 0 atom stereocenters. The molecule has 0 radical (unpaired) electrons. The van der Waals surface area contributed by atoms with Crippen molar-refractivity contribution in [1.82, 2.24) is 4.98 Å². The van der Waals surface area contributed by atoms with E-state index in [-0.39, 0.29) is 6.61 Å². The number of aromatic amines is 1. The van der Waals surface area contributed by atoms with Crippen LogP contribution >= 0.6 is 11.3 Å². The first kappa shape index (κ1) is 8.40. The van der Waals surface area contributed by atoms with Crippen molar-refractivity contribution in [2.75, 3.05) is 24.2 Å². The number of anilines is 2. The van der Waals surface area contributed by atoms with Crippen molar-refractivity contribution >= 4 is 32.4 Å². The fraction of sp³-hybridized carbons (Fsp3) is 0.250. The molecule has 0 fully saturated rings. The summed E-state index contributed by atoms with van der Waals surface area (Å²) in [5, 5.41) is 12.8. The van der Waals surface area contributed by atoms with Gasteiger partial charge in [-0.1, -0.05) is 0 Å². The number of fused-ring (bicyclic) bond motifs is 1. The summed E-state index contributed by atoms with van der Waals surface area (Å²) in [6, 6.07) is 3.90. The second-order valence-corrected chi connectivity index (χ2v) is 3.85. The second-order valence-electron chi connectivity index (χ2n) is 2.76. The maximum atomic E-state index is 8.61. The van der Waals surface area contributed by atoms with E-state index in [4.69, 9.17) is 10.8 Å². The minimum absolute atomic E-state index is 0.147. The number of rotatable bonds is 3. The molecule has 2 rings (SSSR count). The number of nitrogens with two attached hydrogens (primary N) is 1. The lowest BCUT2D eigenvalue weighted by molar-refractivity contribution is 0.311. The number of aliphatic hydroxyl groups is 1. The first-order valence-corrected chi connectivity index (χ1v) is 4.84. The van der Waals surface area contributed by atoms with E-state index in [1.807, 2.05) is 12.1 Å². The van der Waals surface area contributed by atoms with Gasteiger partial charge in [0.05, 0.1) is 21.8 Å². The molecular weight excluding hydrogens is 186 g/mol. The number of nitrogen functional groups attached to an aromatic ring is 1. The second kappa shape index (κ2) is 3.27. The molecule has 2 aromatic rings. The lowest BCUT2D eigenvalue weighted by Crippen LogP contribution is -2.03. The topological polar surface area (TPSA) is 74.1 Å². The van der Waals surface area contributed by atoms with Crippen LogP contribution in [0.2, 0.25) is 0 Å². The normalized spacial score (nSPS) is 10.8. The van der Waals surface area contributed by atoms with E-state index in [1.54, 1.807) is 11.3 Å². The van der Waals surface area contributed by atoms with Crippen molar-refractivity contribution in [3.05, 3.63) is 12.1 Å². The minimum Gasteiger partial charge on any atom is -0.395 e. The quantitative estimate of drug-likeness (QED) is 0.597. The molecule has 13 heavy (non-hydrogen) atoms. The molecule has 0 amide bonds. The Kier molecular flexibility index (Phi) is 2.12. The molecular formula is C8H11N3OS. The van der Waals surface area contributed by atoms with E-state index in [0.29, 0.717) is 12.4 Å². The molecule has 0 aliphatic rings. The molecule has 0 bridgehead atoms. The van der Waals surface area contributed by atoms with Crippen LogP contribution < -0.4 is 11.1 Å². The summed E-state index contributed by atoms with van der Waals surface area (Å²) in [6.07, 6.45) is 0. The van der Waals surface area contributed by atoms with Crippen LogP contribution in [-0.4, -0.2) is 23.2 Å². The van der Waals surface area contributed by atoms with Gasteiger partial charge in [-0.05, 0) is 12.1 Å². The van der Waals surface area contributed by atoms with Gasteiger partial charge in [-0.25, -0.2) is 0 Å². The molecule has 2 aromatic heterocycles. The summed E-state index contributed by atoms with van der Waals surface area (Å²) >= 11 is 1.62. The van der Waals surface area contributed by atoms with Crippen LogP contribution in [-0.2, 0) is 0 Å². The summed E-state index contributed by atoms with van der Waals surface area (Å²) in [6.45, 7) is 0.729. The average molecular weight is 197 g/mol. The van der Waals surface area contributed by atoms with E-state index >= 15 is 0 Å². The average Bonchev–Trinajstić information content (AvgIpc) is 2.57. The van der Waals surface area contributed by atoms with Crippen LogP contribution in [0.5, 0.6) is 0 Å². The predicted molar refractivity (Wildman–Crippen MR) is 56.2 cm³/mol. The molecule has 5 N–H and O–H groups in total. The van der Waals surface area contributed by atoms with Crippen molar-refractivity contribution in [3.63, 3.8) is 0 Å². The Balaban J connectivity index is 2.24. The Bertz CT molecular complexity index is 375. The van der Waals surface area contributed by atoms with E-state index in [9.17, 15) is 0 Å². The van der Waals surface area contributed by atoms with Gasteiger partial charge in [0.1, 0.15) is 5.82 Å². The van der Waals surface area contributed by atoms with Crippen LogP contribution in [0, 0.1) is 0 Å². The number of hydrogen-bond donors (Lipinski definition) is 4. The molecule has 2 heterocycles. The standard InChI is InChI=1S/C8H11N3OS/c9-7-4-6-5(11-7)3-8(13-6)10-1-2-12/h3-4,10-12H,1-2,9H2. The molecule has 0 saturated carbocycles. The van der Waals surface area contributed by atoms with E-state index < -0.39 is 0 Å². The van der Waals surface area contributed by atoms with Gasteiger partial charge in [0.25, 0.3) is 0 Å². The van der Waals surface area contributed by atoms with Crippen LogP contribution in [0.1, 0.15) is 0 Å². The van der Waals surface area contributed by atoms with E-state index in [1.165, 1.54) is 0 Å². The SMILES string of the molecule is Nc1cc2sc(NCCO)cc2[nH]1. The van der Waals surface area contributed by atoms with Crippen LogP contribution in [0.4, 0.5) is 10.8 Å². The third-order valence-electron chi connectivity index (χ3n) is 1.74. The summed E-state index contributed by atoms with van der Waals surface area (Å²) in [4.78, 5) is 3.04. The van der Waals surface area contributed by atoms with Gasteiger partial charge >= 0.3 is 0 Å². The molecule has 0 unspecified atom stereocenters. The number of aliphatic hydroxyl groups excluding tert-OH is 1. The molecule has 5 heteroatoms. The fourth-order valence-corrected chi connectivity index (χ4v) is 2.20.